The molecule has 0 atom stereocenters. The van der Waals surface area contributed by atoms with E-state index < -0.39 is 0 Å². The van der Waals surface area contributed by atoms with Gasteiger partial charge in [-0.05, 0) is 46.9 Å². The fourth-order valence-corrected chi connectivity index (χ4v) is 2.62. The van der Waals surface area contributed by atoms with Crippen molar-refractivity contribution < 1.29 is 5.11 Å². The molecule has 1 aliphatic carbocycles. The minimum atomic E-state index is 0.279. The fraction of sp³-hybridized carbons (Fsp3) is 0.0588. The maximum Gasteiger partial charge on any atom is 0.115 e. The Morgan fingerprint density at radius 3 is 2.21 bits per heavy atom. The van der Waals surface area contributed by atoms with E-state index in [0.717, 1.165) is 33.7 Å². The summed E-state index contributed by atoms with van der Waals surface area (Å²) >= 11 is 6.25. The van der Waals surface area contributed by atoms with Gasteiger partial charge in [0, 0.05) is 5.03 Å². The number of phenols is 1. The van der Waals surface area contributed by atoms with Gasteiger partial charge in [0.2, 0.25) is 0 Å². The van der Waals surface area contributed by atoms with Gasteiger partial charge >= 0.3 is 0 Å². The molecular weight excluding hydrogens is 256 g/mol. The predicted molar refractivity (Wildman–Crippen MR) is 80.1 cm³/mol. The summed E-state index contributed by atoms with van der Waals surface area (Å²) in [6.07, 6.45) is 4.89. The Bertz CT molecular complexity index is 666. The summed E-state index contributed by atoms with van der Waals surface area (Å²) in [4.78, 5) is 0. The van der Waals surface area contributed by atoms with Crippen LogP contribution in [0, 0.1) is 0 Å². The zero-order valence-electron chi connectivity index (χ0n) is 10.3. The van der Waals surface area contributed by atoms with Crippen LogP contribution in [-0.2, 0) is 0 Å². The lowest BCUT2D eigenvalue weighted by Gasteiger charge is -2.11. The van der Waals surface area contributed by atoms with Crippen LogP contribution in [0.1, 0.15) is 12.0 Å². The molecule has 0 saturated heterocycles. The van der Waals surface area contributed by atoms with Crippen LogP contribution in [-0.4, -0.2) is 5.11 Å². The van der Waals surface area contributed by atoms with Crippen molar-refractivity contribution in [2.24, 2.45) is 0 Å². The molecule has 2 aromatic carbocycles. The molecule has 0 heterocycles. The molecule has 1 aliphatic rings. The standard InChI is InChI=1S/C17H13ClO/c18-17-7-3-6-16(17)15-5-2-1-4-14(15)12-8-10-13(19)11-9-12/h1-5,7-11,19H,6H2. The van der Waals surface area contributed by atoms with Gasteiger partial charge in [-0.25, -0.2) is 0 Å². The van der Waals surface area contributed by atoms with E-state index in [0.29, 0.717) is 0 Å². The first-order chi connectivity index (χ1) is 9.25. The SMILES string of the molecule is Oc1ccc(-c2ccccc2C2=C(Cl)C=CC2)cc1. The van der Waals surface area contributed by atoms with Crippen molar-refractivity contribution in [1.82, 2.24) is 0 Å². The Balaban J connectivity index is 2.13. The number of phenolic OH excluding ortho intramolecular Hbond substituents is 1. The second-order valence-corrected chi connectivity index (χ2v) is 4.93. The molecule has 0 unspecified atom stereocenters. The first kappa shape index (κ1) is 12.1. The number of halogens is 1. The molecule has 0 aliphatic heterocycles. The third-order valence-corrected chi connectivity index (χ3v) is 3.66. The van der Waals surface area contributed by atoms with Gasteiger partial charge in [-0.2, -0.15) is 0 Å². The van der Waals surface area contributed by atoms with Crippen molar-refractivity contribution in [1.29, 1.82) is 0 Å². The van der Waals surface area contributed by atoms with Gasteiger partial charge in [0.25, 0.3) is 0 Å². The van der Waals surface area contributed by atoms with Gasteiger partial charge in [-0.3, -0.25) is 0 Å². The number of rotatable bonds is 2. The van der Waals surface area contributed by atoms with Crippen molar-refractivity contribution >= 4 is 17.2 Å². The van der Waals surface area contributed by atoms with Crippen LogP contribution >= 0.6 is 11.6 Å². The molecule has 2 aromatic rings. The Kier molecular flexibility index (Phi) is 3.14. The molecule has 0 aromatic heterocycles. The number of aromatic hydroxyl groups is 1. The summed E-state index contributed by atoms with van der Waals surface area (Å²) in [5.74, 6) is 0.279. The van der Waals surface area contributed by atoms with Crippen molar-refractivity contribution in [2.45, 2.75) is 6.42 Å². The average Bonchev–Trinajstić information content (AvgIpc) is 2.86. The lowest BCUT2D eigenvalue weighted by Crippen LogP contribution is -1.88. The van der Waals surface area contributed by atoms with Crippen LogP contribution in [0.15, 0.2) is 65.7 Å². The maximum atomic E-state index is 9.39. The van der Waals surface area contributed by atoms with Crippen molar-refractivity contribution in [3.8, 4) is 16.9 Å². The van der Waals surface area contributed by atoms with Gasteiger partial charge in [-0.1, -0.05) is 54.1 Å². The molecule has 19 heavy (non-hydrogen) atoms. The van der Waals surface area contributed by atoms with Gasteiger partial charge in [0.1, 0.15) is 5.75 Å². The topological polar surface area (TPSA) is 20.2 Å². The quantitative estimate of drug-likeness (QED) is 0.815. The van der Waals surface area contributed by atoms with Crippen LogP contribution in [0.4, 0.5) is 0 Å². The zero-order valence-corrected chi connectivity index (χ0v) is 11.1. The second-order valence-electron chi connectivity index (χ2n) is 4.53. The summed E-state index contributed by atoms with van der Waals surface area (Å²) in [6.45, 7) is 0. The highest BCUT2D eigenvalue weighted by Gasteiger charge is 2.14. The predicted octanol–water partition coefficient (Wildman–Crippen LogP) is 4.97. The van der Waals surface area contributed by atoms with Crippen LogP contribution < -0.4 is 0 Å². The summed E-state index contributed by atoms with van der Waals surface area (Å²) in [5, 5.41) is 10.2. The summed E-state index contributed by atoms with van der Waals surface area (Å²) in [6, 6.07) is 15.5. The van der Waals surface area contributed by atoms with Gasteiger partial charge in [0.05, 0.1) is 0 Å². The minimum Gasteiger partial charge on any atom is -0.508 e. The van der Waals surface area contributed by atoms with Gasteiger partial charge in [0.15, 0.2) is 0 Å². The Morgan fingerprint density at radius 1 is 0.895 bits per heavy atom. The molecule has 0 radical (unpaired) electrons. The van der Waals surface area contributed by atoms with E-state index in [4.69, 9.17) is 11.6 Å². The Hall–Kier alpha value is -1.99. The fourth-order valence-electron chi connectivity index (χ4n) is 2.36. The first-order valence-corrected chi connectivity index (χ1v) is 6.57. The normalized spacial score (nSPS) is 14.2. The van der Waals surface area contributed by atoms with E-state index in [1.54, 1.807) is 12.1 Å². The number of hydrogen-bond donors (Lipinski definition) is 1. The Labute approximate surface area is 117 Å². The molecule has 3 rings (SSSR count). The van der Waals surface area contributed by atoms with E-state index in [1.807, 2.05) is 30.3 Å². The van der Waals surface area contributed by atoms with Gasteiger partial charge < -0.3 is 5.11 Å². The molecule has 94 valence electrons. The van der Waals surface area contributed by atoms with E-state index in [9.17, 15) is 5.11 Å². The first-order valence-electron chi connectivity index (χ1n) is 6.20. The van der Waals surface area contributed by atoms with Crippen LogP contribution in [0.3, 0.4) is 0 Å². The lowest BCUT2D eigenvalue weighted by atomic mass is 9.94. The number of benzene rings is 2. The van der Waals surface area contributed by atoms with E-state index >= 15 is 0 Å². The van der Waals surface area contributed by atoms with Crippen LogP contribution in [0.2, 0.25) is 0 Å². The third kappa shape index (κ3) is 2.29. The lowest BCUT2D eigenvalue weighted by molar-refractivity contribution is 0.475. The van der Waals surface area contributed by atoms with Crippen molar-refractivity contribution in [3.63, 3.8) is 0 Å². The minimum absolute atomic E-state index is 0.279. The molecule has 1 N–H and O–H groups in total. The van der Waals surface area contributed by atoms with E-state index in [2.05, 4.69) is 18.2 Å². The molecule has 0 amide bonds. The molecular formula is C17H13ClO. The second kappa shape index (κ2) is 4.94. The highest BCUT2D eigenvalue weighted by atomic mass is 35.5. The van der Waals surface area contributed by atoms with E-state index in [1.165, 1.54) is 0 Å². The average molecular weight is 269 g/mol. The highest BCUT2D eigenvalue weighted by molar-refractivity contribution is 6.35. The van der Waals surface area contributed by atoms with Crippen molar-refractivity contribution in [3.05, 3.63) is 71.3 Å². The molecule has 0 saturated carbocycles. The molecule has 1 nitrogen and oxygen atoms in total. The van der Waals surface area contributed by atoms with Gasteiger partial charge in [-0.15, -0.1) is 0 Å². The molecule has 0 spiro atoms. The smallest absolute Gasteiger partial charge is 0.115 e. The zero-order chi connectivity index (χ0) is 13.2. The van der Waals surface area contributed by atoms with E-state index in [-0.39, 0.29) is 5.75 Å². The summed E-state index contributed by atoms with van der Waals surface area (Å²) < 4.78 is 0. The maximum absolute atomic E-state index is 9.39. The summed E-state index contributed by atoms with van der Waals surface area (Å²) in [7, 11) is 0. The number of allylic oxidation sites excluding steroid dienone is 4. The molecule has 0 fully saturated rings. The monoisotopic (exact) mass is 268 g/mol. The number of hydrogen-bond acceptors (Lipinski definition) is 1. The molecule has 2 heteroatoms. The van der Waals surface area contributed by atoms with Crippen LogP contribution in [0.25, 0.3) is 16.7 Å². The molecule has 0 bridgehead atoms. The third-order valence-electron chi connectivity index (χ3n) is 3.30. The summed E-state index contributed by atoms with van der Waals surface area (Å²) in [5.41, 5.74) is 4.53. The highest BCUT2D eigenvalue weighted by Crippen LogP contribution is 2.37. The van der Waals surface area contributed by atoms with Crippen LogP contribution in [0.5, 0.6) is 5.75 Å². The van der Waals surface area contributed by atoms with Crippen molar-refractivity contribution in [2.75, 3.05) is 0 Å². The largest absolute Gasteiger partial charge is 0.508 e. The Morgan fingerprint density at radius 2 is 1.58 bits per heavy atom.